The lowest BCUT2D eigenvalue weighted by atomic mass is 10.1. The van der Waals surface area contributed by atoms with Crippen molar-refractivity contribution < 1.29 is 31.5 Å². The average molecular weight is 306 g/mol. The second kappa shape index (κ2) is 6.06. The first-order valence-corrected chi connectivity index (χ1v) is 6.76. The Hall–Kier alpha value is -0.870. The first kappa shape index (κ1) is 18.1. The Bertz CT molecular complexity index is 414. The fourth-order valence-corrected chi connectivity index (χ4v) is 2.82. The van der Waals surface area contributed by atoms with Gasteiger partial charge in [-0.3, -0.25) is 4.79 Å². The van der Waals surface area contributed by atoms with Gasteiger partial charge in [-0.15, -0.1) is 0 Å². The Balaban J connectivity index is 4.98. The number of aliphatic carboxylic acids is 1. The highest BCUT2D eigenvalue weighted by molar-refractivity contribution is 7.87. The molecule has 0 aromatic carbocycles. The summed E-state index contributed by atoms with van der Waals surface area (Å²) in [7, 11) is -4.41. The molecule has 114 valence electrons. The van der Waals surface area contributed by atoms with Crippen LogP contribution in [0.2, 0.25) is 0 Å². The second-order valence-electron chi connectivity index (χ2n) is 4.83. The third kappa shape index (κ3) is 7.33. The van der Waals surface area contributed by atoms with Gasteiger partial charge in [0.25, 0.3) is 10.2 Å². The molecule has 0 saturated heterocycles. The van der Waals surface area contributed by atoms with Crippen LogP contribution in [0, 0.1) is 0 Å². The van der Waals surface area contributed by atoms with Crippen LogP contribution < -0.4 is 4.72 Å². The van der Waals surface area contributed by atoms with E-state index < -0.39 is 47.4 Å². The zero-order valence-electron chi connectivity index (χ0n) is 10.8. The third-order valence-corrected chi connectivity index (χ3v) is 3.84. The topological polar surface area (TPSA) is 86.7 Å². The van der Waals surface area contributed by atoms with Crippen molar-refractivity contribution in [3.8, 4) is 0 Å². The molecule has 0 radical (unpaired) electrons. The van der Waals surface area contributed by atoms with Crippen LogP contribution in [-0.2, 0) is 15.0 Å². The number of nitrogens with zero attached hydrogens (tertiary/aromatic N) is 1. The molecule has 0 aliphatic rings. The van der Waals surface area contributed by atoms with Gasteiger partial charge in [0.1, 0.15) is 6.54 Å². The van der Waals surface area contributed by atoms with E-state index in [2.05, 4.69) is 0 Å². The number of nitrogens with one attached hydrogen (secondary N) is 1. The summed E-state index contributed by atoms with van der Waals surface area (Å²) < 4.78 is 61.7. The molecule has 0 fully saturated rings. The van der Waals surface area contributed by atoms with Gasteiger partial charge in [0.05, 0.1) is 6.42 Å². The van der Waals surface area contributed by atoms with E-state index in [0.29, 0.717) is 4.31 Å². The summed E-state index contributed by atoms with van der Waals surface area (Å²) in [4.78, 5) is 10.5. The van der Waals surface area contributed by atoms with Crippen molar-refractivity contribution in [3.63, 3.8) is 0 Å². The minimum absolute atomic E-state index is 0.411. The SMILES string of the molecule is CC(C)(C)N(CCC(=O)O)S(=O)(=O)NCC(F)(F)F. The lowest BCUT2D eigenvalue weighted by Crippen LogP contribution is -2.52. The summed E-state index contributed by atoms with van der Waals surface area (Å²) in [5.41, 5.74) is -1.03. The smallest absolute Gasteiger partial charge is 0.402 e. The minimum Gasteiger partial charge on any atom is -0.481 e. The van der Waals surface area contributed by atoms with Crippen molar-refractivity contribution in [3.05, 3.63) is 0 Å². The van der Waals surface area contributed by atoms with Crippen LogP contribution in [0.3, 0.4) is 0 Å². The molecule has 0 unspecified atom stereocenters. The van der Waals surface area contributed by atoms with Crippen LogP contribution in [0.4, 0.5) is 13.2 Å². The zero-order chi connectivity index (χ0) is 15.5. The quantitative estimate of drug-likeness (QED) is 0.765. The maximum Gasteiger partial charge on any atom is 0.402 e. The van der Waals surface area contributed by atoms with Crippen molar-refractivity contribution in [1.82, 2.24) is 9.03 Å². The van der Waals surface area contributed by atoms with Crippen molar-refractivity contribution in [1.29, 1.82) is 0 Å². The number of rotatable bonds is 6. The molecular weight excluding hydrogens is 289 g/mol. The van der Waals surface area contributed by atoms with Gasteiger partial charge in [-0.25, -0.2) is 0 Å². The van der Waals surface area contributed by atoms with E-state index >= 15 is 0 Å². The average Bonchev–Trinajstić information content (AvgIpc) is 2.11. The maximum absolute atomic E-state index is 12.0. The van der Waals surface area contributed by atoms with E-state index in [4.69, 9.17) is 5.11 Å². The molecule has 0 aliphatic heterocycles. The largest absolute Gasteiger partial charge is 0.481 e. The fourth-order valence-electron chi connectivity index (χ4n) is 1.26. The summed E-state index contributed by atoms with van der Waals surface area (Å²) in [6, 6.07) is 0. The molecule has 10 heteroatoms. The number of carboxylic acid groups (broad SMARTS) is 1. The van der Waals surface area contributed by atoms with Crippen LogP contribution in [0.25, 0.3) is 0 Å². The lowest BCUT2D eigenvalue weighted by molar-refractivity contribution is -0.137. The highest BCUT2D eigenvalue weighted by Crippen LogP contribution is 2.19. The number of halogens is 3. The van der Waals surface area contributed by atoms with Gasteiger partial charge in [-0.1, -0.05) is 0 Å². The van der Waals surface area contributed by atoms with Gasteiger partial charge in [0.2, 0.25) is 0 Å². The first-order valence-electron chi connectivity index (χ1n) is 5.32. The molecule has 0 bridgehead atoms. The molecule has 2 N–H and O–H groups in total. The molecule has 0 aromatic heterocycles. The minimum atomic E-state index is -4.68. The molecule has 0 aromatic rings. The van der Waals surface area contributed by atoms with Crippen LogP contribution >= 0.6 is 0 Å². The van der Waals surface area contributed by atoms with Crippen molar-refractivity contribution in [2.45, 2.75) is 38.9 Å². The number of hydrogen-bond donors (Lipinski definition) is 2. The Labute approximate surface area is 109 Å². The molecule has 0 atom stereocenters. The Morgan fingerprint density at radius 3 is 2.05 bits per heavy atom. The number of hydrogen-bond acceptors (Lipinski definition) is 3. The highest BCUT2D eigenvalue weighted by Gasteiger charge is 2.36. The highest BCUT2D eigenvalue weighted by atomic mass is 32.2. The van der Waals surface area contributed by atoms with E-state index in [9.17, 15) is 26.4 Å². The molecule has 0 spiro atoms. The Kier molecular flexibility index (Phi) is 5.78. The summed E-state index contributed by atoms with van der Waals surface area (Å²) >= 11 is 0. The molecule has 0 amide bonds. The van der Waals surface area contributed by atoms with Crippen molar-refractivity contribution >= 4 is 16.2 Å². The molecule has 0 saturated carbocycles. The Morgan fingerprint density at radius 1 is 1.26 bits per heavy atom. The molecule has 0 rings (SSSR count). The summed E-state index contributed by atoms with van der Waals surface area (Å²) in [5, 5.41) is 8.53. The monoisotopic (exact) mass is 306 g/mol. The maximum atomic E-state index is 12.0. The fraction of sp³-hybridized carbons (Fsp3) is 0.889. The van der Waals surface area contributed by atoms with Gasteiger partial charge in [0, 0.05) is 12.1 Å². The summed E-state index contributed by atoms with van der Waals surface area (Å²) in [6.45, 7) is 2.27. The van der Waals surface area contributed by atoms with Crippen LogP contribution in [0.1, 0.15) is 27.2 Å². The molecule has 6 nitrogen and oxygen atoms in total. The van der Waals surface area contributed by atoms with Gasteiger partial charge in [0.15, 0.2) is 0 Å². The first-order chi connectivity index (χ1) is 8.26. The van der Waals surface area contributed by atoms with Gasteiger partial charge in [-0.2, -0.15) is 30.6 Å². The molecular formula is C9H17F3N2O4S. The lowest BCUT2D eigenvalue weighted by Gasteiger charge is -2.34. The van der Waals surface area contributed by atoms with E-state index in [1.54, 1.807) is 0 Å². The van der Waals surface area contributed by atoms with E-state index in [-0.39, 0.29) is 0 Å². The van der Waals surface area contributed by atoms with Crippen LogP contribution in [-0.4, -0.2) is 48.6 Å². The van der Waals surface area contributed by atoms with Crippen molar-refractivity contribution in [2.75, 3.05) is 13.1 Å². The number of carboxylic acids is 1. The van der Waals surface area contributed by atoms with E-state index in [0.717, 1.165) is 0 Å². The third-order valence-electron chi connectivity index (χ3n) is 2.02. The number of alkyl halides is 3. The van der Waals surface area contributed by atoms with E-state index in [1.807, 2.05) is 0 Å². The Morgan fingerprint density at radius 2 is 1.74 bits per heavy atom. The molecule has 19 heavy (non-hydrogen) atoms. The predicted octanol–water partition coefficient (Wildman–Crippen LogP) is 0.958. The second-order valence-corrected chi connectivity index (χ2v) is 6.51. The van der Waals surface area contributed by atoms with Crippen LogP contribution in [0.5, 0.6) is 0 Å². The predicted molar refractivity (Wildman–Crippen MR) is 61.7 cm³/mol. The van der Waals surface area contributed by atoms with E-state index in [1.165, 1.54) is 25.5 Å². The van der Waals surface area contributed by atoms with Gasteiger partial charge >= 0.3 is 12.1 Å². The van der Waals surface area contributed by atoms with Crippen molar-refractivity contribution in [2.24, 2.45) is 0 Å². The van der Waals surface area contributed by atoms with Crippen LogP contribution in [0.15, 0.2) is 0 Å². The standard InChI is InChI=1S/C9H17F3N2O4S/c1-8(2,3)14(5-4-7(15)16)19(17,18)13-6-9(10,11)12/h13H,4-6H2,1-3H3,(H,15,16). The summed E-state index contributed by atoms with van der Waals surface area (Å²) in [5.74, 6) is -1.24. The molecule has 0 aliphatic carbocycles. The van der Waals surface area contributed by atoms with Gasteiger partial charge in [-0.05, 0) is 20.8 Å². The molecule has 0 heterocycles. The number of carbonyl (C=O) groups is 1. The zero-order valence-corrected chi connectivity index (χ0v) is 11.6. The summed E-state index contributed by atoms with van der Waals surface area (Å²) in [6.07, 6.45) is -5.17. The van der Waals surface area contributed by atoms with Gasteiger partial charge < -0.3 is 5.11 Å². The normalized spacial score (nSPS) is 13.8.